The third-order valence-corrected chi connectivity index (χ3v) is 9.72. The maximum Gasteiger partial charge on any atom is 0.215 e. The molecule has 1 saturated heterocycles. The number of piperidine rings is 1. The Labute approximate surface area is 159 Å². The fraction of sp³-hybridized carbons (Fsp3) is 0.950. The molecule has 150 valence electrons. The minimum absolute atomic E-state index is 0.0242. The maximum atomic E-state index is 13.4. The van der Waals surface area contributed by atoms with Crippen LogP contribution < -0.4 is 5.32 Å². The highest BCUT2D eigenvalue weighted by atomic mass is 32.2. The first-order chi connectivity index (χ1) is 11.6. The lowest BCUT2D eigenvalue weighted by Crippen LogP contribution is -2.62. The van der Waals surface area contributed by atoms with Crippen LogP contribution in [0.15, 0.2) is 0 Å². The molecule has 0 aromatic carbocycles. The van der Waals surface area contributed by atoms with Gasteiger partial charge >= 0.3 is 0 Å². The average Bonchev–Trinajstić information content (AvgIpc) is 2.76. The normalized spacial score (nSPS) is 36.0. The first-order valence-corrected chi connectivity index (χ1v) is 11.5. The molecule has 2 saturated carbocycles. The van der Waals surface area contributed by atoms with Gasteiger partial charge in [-0.2, -0.15) is 0 Å². The Morgan fingerprint density at radius 1 is 1.08 bits per heavy atom. The van der Waals surface area contributed by atoms with Crippen molar-refractivity contribution in [1.82, 2.24) is 9.62 Å². The molecule has 1 aliphatic heterocycles. The summed E-state index contributed by atoms with van der Waals surface area (Å²) in [5.74, 6) is 0.484. The Kier molecular flexibility index (Phi) is 4.50. The summed E-state index contributed by atoms with van der Waals surface area (Å²) in [6.07, 6.45) is 3.81. The Bertz CT molecular complexity index is 695. The molecule has 2 atom stereocenters. The van der Waals surface area contributed by atoms with Gasteiger partial charge in [0.25, 0.3) is 0 Å². The summed E-state index contributed by atoms with van der Waals surface area (Å²) < 4.78 is 28.3. The predicted molar refractivity (Wildman–Crippen MR) is 104 cm³/mol. The van der Waals surface area contributed by atoms with E-state index in [0.717, 1.165) is 25.7 Å². The summed E-state index contributed by atoms with van der Waals surface area (Å²) in [5.41, 5.74) is -1.14. The Morgan fingerprint density at radius 3 is 2.04 bits per heavy atom. The van der Waals surface area contributed by atoms with Gasteiger partial charge in [-0.25, -0.2) is 12.7 Å². The molecule has 0 amide bonds. The van der Waals surface area contributed by atoms with Crippen molar-refractivity contribution >= 4 is 15.8 Å². The highest BCUT2D eigenvalue weighted by Crippen LogP contribution is 2.64. The van der Waals surface area contributed by atoms with Gasteiger partial charge in [0.1, 0.15) is 5.78 Å². The van der Waals surface area contributed by atoms with E-state index in [2.05, 4.69) is 46.9 Å². The third-order valence-electron chi connectivity index (χ3n) is 7.69. The SMILES string of the molecule is CN(C1CC(C)(C)NC(C)(C)C1)S(=O)(=O)C[C@]12CC[C@@H](CC1=O)C2(C)C. The van der Waals surface area contributed by atoms with E-state index < -0.39 is 15.4 Å². The second-order valence-corrected chi connectivity index (χ2v) is 12.9. The first kappa shape index (κ1) is 20.3. The number of ketones is 1. The molecule has 0 aromatic heterocycles. The van der Waals surface area contributed by atoms with Crippen LogP contribution in [0.4, 0.5) is 0 Å². The van der Waals surface area contributed by atoms with Gasteiger partial charge in [0, 0.05) is 36.0 Å². The van der Waals surface area contributed by atoms with Crippen molar-refractivity contribution in [2.24, 2.45) is 16.7 Å². The van der Waals surface area contributed by atoms with Crippen molar-refractivity contribution in [3.05, 3.63) is 0 Å². The van der Waals surface area contributed by atoms with Gasteiger partial charge in [-0.15, -0.1) is 0 Å². The van der Waals surface area contributed by atoms with Gasteiger partial charge in [-0.3, -0.25) is 4.79 Å². The van der Waals surface area contributed by atoms with Crippen LogP contribution in [0.3, 0.4) is 0 Å². The number of rotatable bonds is 4. The summed E-state index contributed by atoms with van der Waals surface area (Å²) in [4.78, 5) is 12.8. The van der Waals surface area contributed by atoms with Gasteiger partial charge in [0.05, 0.1) is 5.75 Å². The van der Waals surface area contributed by atoms with Crippen LogP contribution in [-0.4, -0.2) is 48.4 Å². The lowest BCUT2D eigenvalue weighted by atomic mass is 9.70. The highest BCUT2D eigenvalue weighted by molar-refractivity contribution is 7.89. The molecule has 6 heteroatoms. The summed E-state index contributed by atoms with van der Waals surface area (Å²) >= 11 is 0. The molecule has 3 aliphatic rings. The van der Waals surface area contributed by atoms with E-state index in [1.54, 1.807) is 11.4 Å². The molecule has 0 radical (unpaired) electrons. The lowest BCUT2D eigenvalue weighted by molar-refractivity contribution is -0.128. The Balaban J connectivity index is 1.85. The number of Topliss-reactive ketones (excluding diaryl/α,β-unsaturated/α-hetero) is 1. The zero-order valence-electron chi connectivity index (χ0n) is 17.5. The van der Waals surface area contributed by atoms with Crippen LogP contribution in [0.1, 0.15) is 73.6 Å². The molecule has 1 heterocycles. The van der Waals surface area contributed by atoms with E-state index in [9.17, 15) is 13.2 Å². The lowest BCUT2D eigenvalue weighted by Gasteiger charge is -2.49. The van der Waals surface area contributed by atoms with Crippen LogP contribution in [0.5, 0.6) is 0 Å². The second kappa shape index (κ2) is 5.77. The molecule has 26 heavy (non-hydrogen) atoms. The molecular weight excluding hydrogens is 348 g/mol. The number of carbonyl (C=O) groups excluding carboxylic acids is 1. The minimum Gasteiger partial charge on any atom is -0.307 e. The van der Waals surface area contributed by atoms with Gasteiger partial charge < -0.3 is 5.32 Å². The largest absolute Gasteiger partial charge is 0.307 e. The van der Waals surface area contributed by atoms with E-state index in [1.165, 1.54) is 0 Å². The molecule has 2 bridgehead atoms. The van der Waals surface area contributed by atoms with Crippen molar-refractivity contribution in [3.8, 4) is 0 Å². The van der Waals surface area contributed by atoms with Crippen molar-refractivity contribution in [1.29, 1.82) is 0 Å². The quantitative estimate of drug-likeness (QED) is 0.809. The number of nitrogens with one attached hydrogen (secondary N) is 1. The summed E-state index contributed by atoms with van der Waals surface area (Å²) in [7, 11) is -1.79. The summed E-state index contributed by atoms with van der Waals surface area (Å²) in [6.45, 7) is 12.7. The molecule has 3 rings (SSSR count). The molecule has 0 spiro atoms. The number of hydrogen-bond acceptors (Lipinski definition) is 4. The minimum atomic E-state index is -3.51. The molecular formula is C20H36N2O3S. The van der Waals surface area contributed by atoms with Crippen LogP contribution in [0.2, 0.25) is 0 Å². The zero-order valence-corrected chi connectivity index (χ0v) is 18.3. The zero-order chi connectivity index (χ0) is 19.8. The van der Waals surface area contributed by atoms with E-state index in [0.29, 0.717) is 12.3 Å². The van der Waals surface area contributed by atoms with Crippen LogP contribution >= 0.6 is 0 Å². The molecule has 3 fully saturated rings. The Morgan fingerprint density at radius 2 is 1.62 bits per heavy atom. The van der Waals surface area contributed by atoms with E-state index in [4.69, 9.17) is 0 Å². The fourth-order valence-corrected chi connectivity index (χ4v) is 8.38. The van der Waals surface area contributed by atoms with Crippen molar-refractivity contribution in [3.63, 3.8) is 0 Å². The van der Waals surface area contributed by atoms with Gasteiger partial charge in [0.15, 0.2) is 0 Å². The Hall–Kier alpha value is -0.460. The number of fused-ring (bicyclic) bond motifs is 2. The van der Waals surface area contributed by atoms with Crippen molar-refractivity contribution in [2.75, 3.05) is 12.8 Å². The number of nitrogens with zero attached hydrogens (tertiary/aromatic N) is 1. The van der Waals surface area contributed by atoms with E-state index in [1.807, 2.05) is 0 Å². The first-order valence-electron chi connectivity index (χ1n) is 9.90. The molecule has 1 N–H and O–H groups in total. The maximum absolute atomic E-state index is 13.4. The standard InChI is InChI=1S/C20H36N2O3S/c1-17(2)11-15(12-18(3,4)21-17)22(7)26(24,25)13-20-9-8-14(10-16(20)23)19(20,5)6/h14-15,21H,8-13H2,1-7H3/t14-,20+/m0/s1. The van der Waals surface area contributed by atoms with Crippen LogP contribution in [0, 0.1) is 16.7 Å². The summed E-state index contributed by atoms with van der Waals surface area (Å²) in [6, 6.07) is -0.0422. The molecule has 0 aromatic rings. The van der Waals surface area contributed by atoms with E-state index in [-0.39, 0.29) is 34.1 Å². The topological polar surface area (TPSA) is 66.5 Å². The summed E-state index contributed by atoms with van der Waals surface area (Å²) in [5, 5.41) is 3.61. The van der Waals surface area contributed by atoms with Crippen LogP contribution in [0.25, 0.3) is 0 Å². The number of carbonyl (C=O) groups is 1. The predicted octanol–water partition coefficient (Wildman–Crippen LogP) is 2.95. The smallest absolute Gasteiger partial charge is 0.215 e. The van der Waals surface area contributed by atoms with Crippen molar-refractivity contribution < 1.29 is 13.2 Å². The number of sulfonamides is 1. The third kappa shape index (κ3) is 3.06. The number of hydrogen-bond donors (Lipinski definition) is 1. The average molecular weight is 385 g/mol. The fourth-order valence-electron chi connectivity index (χ4n) is 6.27. The van der Waals surface area contributed by atoms with Gasteiger partial charge in [-0.1, -0.05) is 13.8 Å². The van der Waals surface area contributed by atoms with E-state index >= 15 is 0 Å². The second-order valence-electron chi connectivity index (χ2n) is 10.9. The highest BCUT2D eigenvalue weighted by Gasteiger charge is 2.65. The van der Waals surface area contributed by atoms with Gasteiger partial charge in [-0.05, 0) is 64.7 Å². The van der Waals surface area contributed by atoms with Gasteiger partial charge in [0.2, 0.25) is 10.0 Å². The monoisotopic (exact) mass is 384 g/mol. The van der Waals surface area contributed by atoms with Crippen molar-refractivity contribution in [2.45, 2.75) is 90.8 Å². The molecule has 0 unspecified atom stereocenters. The molecule has 5 nitrogen and oxygen atoms in total. The van der Waals surface area contributed by atoms with Crippen LogP contribution in [-0.2, 0) is 14.8 Å². The molecule has 2 aliphatic carbocycles.